The van der Waals surface area contributed by atoms with E-state index in [1.165, 1.54) is 29.3 Å². The highest BCUT2D eigenvalue weighted by atomic mass is 32.2. The molecule has 0 saturated heterocycles. The van der Waals surface area contributed by atoms with Crippen molar-refractivity contribution in [3.63, 3.8) is 0 Å². The van der Waals surface area contributed by atoms with E-state index in [-0.39, 0.29) is 30.7 Å². The molecule has 0 unspecified atom stereocenters. The van der Waals surface area contributed by atoms with Crippen molar-refractivity contribution >= 4 is 34.5 Å². The zero-order valence-electron chi connectivity index (χ0n) is 20.3. The first kappa shape index (κ1) is 24.1. The molecule has 0 bridgehead atoms. The highest BCUT2D eigenvalue weighted by Crippen LogP contribution is 2.48. The van der Waals surface area contributed by atoms with Crippen LogP contribution in [0.4, 0.5) is 4.39 Å². The first-order valence-corrected chi connectivity index (χ1v) is 13.0. The van der Waals surface area contributed by atoms with Gasteiger partial charge in [-0.25, -0.2) is 14.2 Å². The summed E-state index contributed by atoms with van der Waals surface area (Å²) in [5.41, 5.74) is 1.14. The van der Waals surface area contributed by atoms with Crippen molar-refractivity contribution < 1.29 is 28.9 Å². The van der Waals surface area contributed by atoms with Crippen molar-refractivity contribution in [3.8, 4) is 11.4 Å². The van der Waals surface area contributed by atoms with Gasteiger partial charge >= 0.3 is 5.97 Å². The number of nitrogens with zero attached hydrogens (tertiary/aromatic N) is 2. The van der Waals surface area contributed by atoms with E-state index in [0.29, 0.717) is 39.2 Å². The minimum atomic E-state index is -1.96. The van der Waals surface area contributed by atoms with Crippen LogP contribution >= 0.6 is 11.8 Å². The Hall–Kier alpha value is -3.28. The van der Waals surface area contributed by atoms with Gasteiger partial charge in [0.05, 0.1) is 35.1 Å². The number of ether oxygens (including phenoxy) is 1. The van der Waals surface area contributed by atoms with Crippen molar-refractivity contribution in [2.24, 2.45) is 0 Å². The maximum atomic E-state index is 14.9. The summed E-state index contributed by atoms with van der Waals surface area (Å²) in [5.74, 6) is -1.37. The number of fused-ring (bicyclic) bond motifs is 5. The molecule has 2 aromatic heterocycles. The van der Waals surface area contributed by atoms with Crippen LogP contribution in [0, 0.1) is 12.7 Å². The lowest BCUT2D eigenvalue weighted by Gasteiger charge is -2.31. The molecule has 1 amide bonds. The van der Waals surface area contributed by atoms with Crippen LogP contribution in [0.5, 0.6) is 0 Å². The summed E-state index contributed by atoms with van der Waals surface area (Å²) in [6.07, 6.45) is -1.20. The molecule has 6 rings (SSSR count). The fourth-order valence-electron chi connectivity index (χ4n) is 5.53. The summed E-state index contributed by atoms with van der Waals surface area (Å²) < 4.78 is 21.5. The average Bonchev–Trinajstić information content (AvgIpc) is 3.24. The lowest BCUT2D eigenvalue weighted by atomic mass is 9.86. The van der Waals surface area contributed by atoms with Crippen LogP contribution in [-0.4, -0.2) is 43.5 Å². The lowest BCUT2D eigenvalue weighted by Crippen LogP contribution is -2.44. The van der Waals surface area contributed by atoms with Gasteiger partial charge in [0, 0.05) is 33.2 Å². The van der Waals surface area contributed by atoms with E-state index in [1.54, 1.807) is 19.9 Å². The van der Waals surface area contributed by atoms with Crippen molar-refractivity contribution in [2.45, 2.75) is 63.0 Å². The Morgan fingerprint density at radius 2 is 2.14 bits per heavy atom. The predicted molar refractivity (Wildman–Crippen MR) is 133 cm³/mol. The third kappa shape index (κ3) is 3.23. The van der Waals surface area contributed by atoms with Crippen molar-refractivity contribution in [1.29, 1.82) is 0 Å². The summed E-state index contributed by atoms with van der Waals surface area (Å²) in [7, 11) is 0. The van der Waals surface area contributed by atoms with Gasteiger partial charge in [-0.1, -0.05) is 6.92 Å². The molecule has 0 radical (unpaired) electrons. The molecular formula is C26H24FN3O6S. The molecule has 3 aliphatic heterocycles. The number of hydrogen-bond acceptors (Lipinski definition) is 8. The maximum absolute atomic E-state index is 14.9. The third-order valence-electron chi connectivity index (χ3n) is 7.60. The quantitative estimate of drug-likeness (QED) is 0.347. The normalized spacial score (nSPS) is 22.2. The SMILES string of the molecule is CC[C@@]1(O)C(=O)OCc2c1cc1n(c2=O)Cc2c-1nc1cc(F)c(C)c3c1c2[C@@H](NC(=O)[C@@H](C)O)CS3. The van der Waals surface area contributed by atoms with Crippen molar-refractivity contribution in [2.75, 3.05) is 5.75 Å². The first-order valence-electron chi connectivity index (χ1n) is 12.0. The Labute approximate surface area is 214 Å². The number of cyclic esters (lactones) is 1. The van der Waals surface area contributed by atoms with Gasteiger partial charge in [0.1, 0.15) is 18.5 Å². The highest BCUT2D eigenvalue weighted by Gasteiger charge is 2.46. The minimum Gasteiger partial charge on any atom is -0.458 e. The second-order valence-corrected chi connectivity index (χ2v) is 10.7. The Morgan fingerprint density at radius 3 is 2.84 bits per heavy atom. The van der Waals surface area contributed by atoms with Gasteiger partial charge in [0.25, 0.3) is 5.56 Å². The van der Waals surface area contributed by atoms with Crippen LogP contribution < -0.4 is 10.9 Å². The molecule has 3 atom stereocenters. The number of halogens is 1. The topological polar surface area (TPSA) is 131 Å². The smallest absolute Gasteiger partial charge is 0.343 e. The van der Waals surface area contributed by atoms with E-state index >= 15 is 0 Å². The molecule has 37 heavy (non-hydrogen) atoms. The number of amides is 1. The van der Waals surface area contributed by atoms with Crippen LogP contribution in [0.15, 0.2) is 21.8 Å². The number of hydrogen-bond donors (Lipinski definition) is 3. The second-order valence-electron chi connectivity index (χ2n) is 9.71. The Bertz CT molecular complexity index is 1620. The summed E-state index contributed by atoms with van der Waals surface area (Å²) in [4.78, 5) is 44.0. The molecule has 3 aromatic rings. The number of nitrogens with one attached hydrogen (secondary N) is 1. The third-order valence-corrected chi connectivity index (χ3v) is 8.90. The van der Waals surface area contributed by atoms with Crippen LogP contribution in [0.25, 0.3) is 22.3 Å². The standard InChI is InChI=1S/C26H24FN3O6S/c1-4-26(35)14-5-18-21-12(7-30(18)24(33)13(14)8-36-25(26)34)19-17(29-23(32)11(3)31)9-37-22-10(2)15(27)6-16(28-21)20(19)22/h5-6,11,17,31,35H,4,7-9H2,1-3H3,(H,29,32)/t11-,17+,26+/m1/s1. The number of benzene rings is 1. The van der Waals surface area contributed by atoms with E-state index < -0.39 is 41.0 Å². The number of esters is 1. The summed E-state index contributed by atoms with van der Waals surface area (Å²) >= 11 is 1.41. The van der Waals surface area contributed by atoms with E-state index in [9.17, 15) is 29.0 Å². The highest BCUT2D eigenvalue weighted by molar-refractivity contribution is 7.99. The number of aliphatic hydroxyl groups excluding tert-OH is 1. The molecule has 9 nitrogen and oxygen atoms in total. The minimum absolute atomic E-state index is 0.0174. The second kappa shape index (κ2) is 8.11. The molecule has 0 spiro atoms. The number of carbonyl (C=O) groups excluding carboxylic acids is 2. The Morgan fingerprint density at radius 1 is 1.38 bits per heavy atom. The van der Waals surface area contributed by atoms with Crippen LogP contribution in [0.2, 0.25) is 0 Å². The van der Waals surface area contributed by atoms with Gasteiger partial charge in [0.15, 0.2) is 5.60 Å². The summed E-state index contributed by atoms with van der Waals surface area (Å²) in [6, 6.07) is 2.43. The van der Waals surface area contributed by atoms with E-state index in [1.807, 2.05) is 0 Å². The first-order chi connectivity index (χ1) is 17.6. The molecule has 0 fully saturated rings. The van der Waals surface area contributed by atoms with E-state index in [4.69, 9.17) is 9.72 Å². The molecule has 192 valence electrons. The number of rotatable bonds is 3. The monoisotopic (exact) mass is 525 g/mol. The zero-order valence-corrected chi connectivity index (χ0v) is 21.2. The van der Waals surface area contributed by atoms with Gasteiger partial charge < -0.3 is 24.8 Å². The number of thioether (sulfide) groups is 1. The van der Waals surface area contributed by atoms with Crippen LogP contribution in [0.1, 0.15) is 54.1 Å². The Balaban J connectivity index is 1.65. The summed E-state index contributed by atoms with van der Waals surface area (Å²) in [5, 5.41) is 24.5. The zero-order chi connectivity index (χ0) is 26.4. The fraction of sp³-hybridized carbons (Fsp3) is 0.385. The van der Waals surface area contributed by atoms with Gasteiger partial charge in [-0.15, -0.1) is 11.8 Å². The lowest BCUT2D eigenvalue weighted by molar-refractivity contribution is -0.172. The average molecular weight is 526 g/mol. The summed E-state index contributed by atoms with van der Waals surface area (Å²) in [6.45, 7) is 4.61. The van der Waals surface area contributed by atoms with Crippen LogP contribution in [-0.2, 0) is 33.1 Å². The van der Waals surface area contributed by atoms with Crippen molar-refractivity contribution in [3.05, 3.63) is 56.1 Å². The largest absolute Gasteiger partial charge is 0.458 e. The molecule has 5 heterocycles. The number of aromatic nitrogens is 2. The number of aliphatic hydroxyl groups is 2. The van der Waals surface area contributed by atoms with E-state index in [2.05, 4.69) is 5.32 Å². The molecule has 11 heteroatoms. The molecule has 1 aromatic carbocycles. The molecule has 0 saturated carbocycles. The predicted octanol–water partition coefficient (Wildman–Crippen LogP) is 2.17. The fourth-order valence-corrected chi connectivity index (χ4v) is 6.79. The molecule has 3 N–H and O–H groups in total. The molecule has 3 aliphatic rings. The Kier molecular flexibility index (Phi) is 5.28. The van der Waals surface area contributed by atoms with Crippen LogP contribution in [0.3, 0.4) is 0 Å². The van der Waals surface area contributed by atoms with Gasteiger partial charge in [-0.2, -0.15) is 0 Å². The van der Waals surface area contributed by atoms with E-state index in [0.717, 1.165) is 10.5 Å². The van der Waals surface area contributed by atoms with Crippen molar-refractivity contribution in [1.82, 2.24) is 14.9 Å². The maximum Gasteiger partial charge on any atom is 0.343 e. The van der Waals surface area contributed by atoms with Gasteiger partial charge in [0.2, 0.25) is 5.91 Å². The molecule has 0 aliphatic carbocycles. The van der Waals surface area contributed by atoms with Gasteiger partial charge in [-0.3, -0.25) is 9.59 Å². The van der Waals surface area contributed by atoms with Gasteiger partial charge in [-0.05, 0) is 37.5 Å². The number of pyridine rings is 2. The molecular weight excluding hydrogens is 501 g/mol. The number of carbonyl (C=O) groups is 2.